The highest BCUT2D eigenvalue weighted by Gasteiger charge is 2.24. The van der Waals surface area contributed by atoms with Crippen LogP contribution >= 0.6 is 11.6 Å². The van der Waals surface area contributed by atoms with Crippen molar-refractivity contribution in [2.45, 2.75) is 25.4 Å². The fraction of sp³-hybridized carbons (Fsp3) is 0.389. The molecule has 3 atom stereocenters. The van der Waals surface area contributed by atoms with E-state index >= 15 is 0 Å². The van der Waals surface area contributed by atoms with Gasteiger partial charge in [-0.05, 0) is 36.8 Å². The van der Waals surface area contributed by atoms with Crippen LogP contribution in [0.3, 0.4) is 0 Å². The standard InChI is InChI=1S/C18H23ClN4O/c1-13-15(12-21-22-13)11-20-18(24)10-17(23-8-2-3-9-23)14-4-6-16(19)7-5-14/h2-9,13,15,17,21-22H,10-12H2,1H3,(H,20,24). The molecule has 0 spiro atoms. The summed E-state index contributed by atoms with van der Waals surface area (Å²) in [6.45, 7) is 3.67. The molecule has 1 aromatic carbocycles. The third-order valence-corrected chi connectivity index (χ3v) is 4.84. The van der Waals surface area contributed by atoms with Gasteiger partial charge in [-0.2, -0.15) is 0 Å². The van der Waals surface area contributed by atoms with Gasteiger partial charge in [0, 0.05) is 42.5 Å². The Labute approximate surface area is 147 Å². The van der Waals surface area contributed by atoms with E-state index in [1.807, 2.05) is 48.8 Å². The molecule has 1 saturated heterocycles. The number of nitrogens with one attached hydrogen (secondary N) is 3. The SMILES string of the molecule is CC1NNCC1CNC(=O)CC(c1ccc(Cl)cc1)n1cccc1. The second-order valence-corrected chi connectivity index (χ2v) is 6.72. The predicted octanol–water partition coefficient (Wildman–Crippen LogP) is 2.35. The average Bonchev–Trinajstić information content (AvgIpc) is 3.23. The minimum Gasteiger partial charge on any atom is -0.356 e. The molecule has 1 fully saturated rings. The highest BCUT2D eigenvalue weighted by atomic mass is 35.5. The summed E-state index contributed by atoms with van der Waals surface area (Å²) >= 11 is 5.99. The van der Waals surface area contributed by atoms with Crippen LogP contribution < -0.4 is 16.2 Å². The van der Waals surface area contributed by atoms with Crippen molar-refractivity contribution < 1.29 is 4.79 Å². The molecule has 3 N–H and O–H groups in total. The molecule has 3 unspecified atom stereocenters. The van der Waals surface area contributed by atoms with Crippen LogP contribution in [0.2, 0.25) is 5.02 Å². The number of benzene rings is 1. The van der Waals surface area contributed by atoms with Crippen LogP contribution in [0.5, 0.6) is 0 Å². The number of nitrogens with zero attached hydrogens (tertiary/aromatic N) is 1. The van der Waals surface area contributed by atoms with Gasteiger partial charge in [0.2, 0.25) is 5.91 Å². The van der Waals surface area contributed by atoms with Crippen molar-refractivity contribution in [2.75, 3.05) is 13.1 Å². The van der Waals surface area contributed by atoms with Crippen LogP contribution in [0, 0.1) is 5.92 Å². The first-order chi connectivity index (χ1) is 11.6. The van der Waals surface area contributed by atoms with E-state index < -0.39 is 0 Å². The van der Waals surface area contributed by atoms with Gasteiger partial charge in [0.25, 0.3) is 0 Å². The maximum absolute atomic E-state index is 12.5. The third kappa shape index (κ3) is 4.17. The van der Waals surface area contributed by atoms with E-state index in [1.165, 1.54) is 0 Å². The lowest BCUT2D eigenvalue weighted by atomic mass is 10.0. The van der Waals surface area contributed by atoms with Gasteiger partial charge in [0.1, 0.15) is 0 Å². The van der Waals surface area contributed by atoms with Crippen LogP contribution in [-0.4, -0.2) is 29.6 Å². The topological polar surface area (TPSA) is 58.1 Å². The Kier molecular flexibility index (Phi) is 5.56. The summed E-state index contributed by atoms with van der Waals surface area (Å²) in [6.07, 6.45) is 4.37. The number of aromatic nitrogens is 1. The van der Waals surface area contributed by atoms with Crippen molar-refractivity contribution in [1.82, 2.24) is 20.7 Å². The van der Waals surface area contributed by atoms with E-state index in [9.17, 15) is 4.79 Å². The van der Waals surface area contributed by atoms with Crippen molar-refractivity contribution in [1.29, 1.82) is 0 Å². The fourth-order valence-corrected chi connectivity index (χ4v) is 3.15. The normalized spacial score (nSPS) is 21.6. The van der Waals surface area contributed by atoms with Gasteiger partial charge in [-0.25, -0.2) is 0 Å². The summed E-state index contributed by atoms with van der Waals surface area (Å²) in [4.78, 5) is 12.5. The first-order valence-electron chi connectivity index (χ1n) is 8.26. The smallest absolute Gasteiger partial charge is 0.222 e. The van der Waals surface area contributed by atoms with Gasteiger partial charge < -0.3 is 9.88 Å². The van der Waals surface area contributed by atoms with Crippen molar-refractivity contribution in [3.05, 3.63) is 59.4 Å². The number of halogens is 1. The summed E-state index contributed by atoms with van der Waals surface area (Å²) < 4.78 is 2.06. The molecular weight excluding hydrogens is 324 g/mol. The van der Waals surface area contributed by atoms with Gasteiger partial charge in [0.15, 0.2) is 0 Å². The molecule has 3 rings (SSSR count). The van der Waals surface area contributed by atoms with E-state index in [-0.39, 0.29) is 11.9 Å². The number of amides is 1. The Morgan fingerprint density at radius 3 is 2.67 bits per heavy atom. The van der Waals surface area contributed by atoms with Crippen molar-refractivity contribution >= 4 is 17.5 Å². The van der Waals surface area contributed by atoms with Crippen molar-refractivity contribution in [3.63, 3.8) is 0 Å². The summed E-state index contributed by atoms with van der Waals surface area (Å²) in [5.41, 5.74) is 7.36. The monoisotopic (exact) mass is 346 g/mol. The largest absolute Gasteiger partial charge is 0.356 e. The summed E-state index contributed by atoms with van der Waals surface area (Å²) in [5.74, 6) is 0.470. The molecule has 128 valence electrons. The maximum Gasteiger partial charge on any atom is 0.222 e. The van der Waals surface area contributed by atoms with Gasteiger partial charge in [-0.3, -0.25) is 15.6 Å². The highest BCUT2D eigenvalue weighted by molar-refractivity contribution is 6.30. The molecule has 0 radical (unpaired) electrons. The van der Waals surface area contributed by atoms with E-state index in [0.29, 0.717) is 29.9 Å². The lowest BCUT2D eigenvalue weighted by Gasteiger charge is -2.20. The molecule has 24 heavy (non-hydrogen) atoms. The summed E-state index contributed by atoms with van der Waals surface area (Å²) in [6, 6.07) is 12.0. The predicted molar refractivity (Wildman–Crippen MR) is 95.7 cm³/mol. The Bertz CT molecular complexity index is 656. The number of rotatable bonds is 6. The lowest BCUT2D eigenvalue weighted by Crippen LogP contribution is -2.36. The van der Waals surface area contributed by atoms with E-state index in [1.54, 1.807) is 0 Å². The Morgan fingerprint density at radius 2 is 2.04 bits per heavy atom. The number of carbonyl (C=O) groups excluding carboxylic acids is 1. The molecule has 1 aromatic heterocycles. The van der Waals surface area contributed by atoms with Crippen molar-refractivity contribution in [3.8, 4) is 0 Å². The molecule has 6 heteroatoms. The zero-order chi connectivity index (χ0) is 16.9. The Balaban J connectivity index is 1.65. The van der Waals surface area contributed by atoms with Gasteiger partial charge in [-0.1, -0.05) is 23.7 Å². The number of hydrogen-bond donors (Lipinski definition) is 3. The minimum atomic E-state index is -0.0329. The first kappa shape index (κ1) is 17.0. The molecule has 0 saturated carbocycles. The minimum absolute atomic E-state index is 0.0329. The molecule has 2 heterocycles. The third-order valence-electron chi connectivity index (χ3n) is 4.58. The Hall–Kier alpha value is -1.82. The van der Waals surface area contributed by atoms with Gasteiger partial charge >= 0.3 is 0 Å². The molecule has 5 nitrogen and oxygen atoms in total. The van der Waals surface area contributed by atoms with E-state index in [0.717, 1.165) is 12.1 Å². The van der Waals surface area contributed by atoms with E-state index in [4.69, 9.17) is 11.6 Å². The van der Waals surface area contributed by atoms with Crippen LogP contribution in [-0.2, 0) is 4.79 Å². The highest BCUT2D eigenvalue weighted by Crippen LogP contribution is 2.24. The second kappa shape index (κ2) is 7.83. The molecule has 0 bridgehead atoms. The van der Waals surface area contributed by atoms with E-state index in [2.05, 4.69) is 27.7 Å². The van der Waals surface area contributed by atoms with Crippen LogP contribution in [0.15, 0.2) is 48.8 Å². The summed E-state index contributed by atoms with van der Waals surface area (Å²) in [7, 11) is 0. The number of carbonyl (C=O) groups is 1. The molecule has 0 aliphatic carbocycles. The van der Waals surface area contributed by atoms with Crippen LogP contribution in [0.1, 0.15) is 24.9 Å². The maximum atomic E-state index is 12.5. The van der Waals surface area contributed by atoms with Crippen LogP contribution in [0.4, 0.5) is 0 Å². The van der Waals surface area contributed by atoms with Crippen molar-refractivity contribution in [2.24, 2.45) is 5.92 Å². The Morgan fingerprint density at radius 1 is 1.33 bits per heavy atom. The zero-order valence-electron chi connectivity index (χ0n) is 13.7. The number of hydrazine groups is 1. The summed E-state index contributed by atoms with van der Waals surface area (Å²) in [5, 5.41) is 3.77. The quantitative estimate of drug-likeness (QED) is 0.752. The average molecular weight is 347 g/mol. The molecule has 2 aromatic rings. The number of hydrogen-bond acceptors (Lipinski definition) is 3. The molecule has 1 aliphatic rings. The van der Waals surface area contributed by atoms with Gasteiger partial charge in [-0.15, -0.1) is 0 Å². The fourth-order valence-electron chi connectivity index (χ4n) is 3.02. The molecule has 1 aliphatic heterocycles. The molecule has 1 amide bonds. The molecular formula is C18H23ClN4O. The van der Waals surface area contributed by atoms with Crippen LogP contribution in [0.25, 0.3) is 0 Å². The first-order valence-corrected chi connectivity index (χ1v) is 8.64. The lowest BCUT2D eigenvalue weighted by molar-refractivity contribution is -0.121. The van der Waals surface area contributed by atoms with Gasteiger partial charge in [0.05, 0.1) is 12.5 Å². The zero-order valence-corrected chi connectivity index (χ0v) is 14.5. The second-order valence-electron chi connectivity index (χ2n) is 6.28.